The topological polar surface area (TPSA) is 57.3 Å². The van der Waals surface area contributed by atoms with Gasteiger partial charge < -0.3 is 10.3 Å². The minimum atomic E-state index is 0.140. The zero-order valence-corrected chi connectivity index (χ0v) is 8.55. The molecular formula is C13H11NO2. The summed E-state index contributed by atoms with van der Waals surface area (Å²) in [5, 5.41) is 22.3. The number of benzene rings is 2. The number of hydrogen-bond acceptors (Lipinski definition) is 2. The fraction of sp³-hybridized carbons (Fsp3) is 0. The van der Waals surface area contributed by atoms with Gasteiger partial charge in [0, 0.05) is 5.56 Å². The predicted octanol–water partition coefficient (Wildman–Crippen LogP) is 0.808. The molecule has 0 amide bonds. The Labute approximate surface area is 93.3 Å². The molecule has 0 radical (unpaired) electrons. The van der Waals surface area contributed by atoms with E-state index in [1.54, 1.807) is 24.3 Å². The lowest BCUT2D eigenvalue weighted by atomic mass is 10.0. The van der Waals surface area contributed by atoms with Gasteiger partial charge in [0.15, 0.2) is 0 Å². The summed E-state index contributed by atoms with van der Waals surface area (Å²) in [7, 11) is 0. The second-order valence-electron chi connectivity index (χ2n) is 3.39. The summed E-state index contributed by atoms with van der Waals surface area (Å²) in [4.78, 5) is 0. The van der Waals surface area contributed by atoms with Crippen molar-refractivity contribution in [3.63, 3.8) is 0 Å². The summed E-state index contributed by atoms with van der Waals surface area (Å²) < 4.78 is 0. The molecule has 2 N–H and O–H groups in total. The average Bonchev–Trinajstić information content (AvgIpc) is 2.31. The Bertz CT molecular complexity index is 506. The predicted molar refractivity (Wildman–Crippen MR) is 62.1 cm³/mol. The maximum absolute atomic E-state index is 11.0. The Hall–Kier alpha value is -2.29. The van der Waals surface area contributed by atoms with Crippen molar-refractivity contribution in [3.05, 3.63) is 70.9 Å². The van der Waals surface area contributed by atoms with Crippen molar-refractivity contribution in [2.24, 2.45) is 0 Å². The third-order valence-electron chi connectivity index (χ3n) is 2.30. The number of phenolic OH excluding ortho intramolecular Hbond substituents is 1. The molecule has 2 aromatic rings. The lowest BCUT2D eigenvalue weighted by molar-refractivity contribution is -0.371. The number of hydrogen-bond donors (Lipinski definition) is 2. The molecule has 0 spiro atoms. The molecule has 16 heavy (non-hydrogen) atoms. The molecule has 80 valence electrons. The molecule has 0 fully saturated rings. The number of rotatable bonds is 2. The first-order chi connectivity index (χ1) is 7.81. The van der Waals surface area contributed by atoms with E-state index in [0.717, 1.165) is 5.56 Å². The highest BCUT2D eigenvalue weighted by molar-refractivity contribution is 6.09. The van der Waals surface area contributed by atoms with Crippen molar-refractivity contribution in [2.75, 3.05) is 0 Å². The molecule has 0 aliphatic heterocycles. The SMILES string of the molecule is [O-][NH+]=C(c1ccccc1)c1cccc(O)c1. The summed E-state index contributed by atoms with van der Waals surface area (Å²) >= 11 is 0. The summed E-state index contributed by atoms with van der Waals surface area (Å²) in [6.45, 7) is 0. The Morgan fingerprint density at radius 2 is 1.62 bits per heavy atom. The van der Waals surface area contributed by atoms with Crippen LogP contribution in [0.15, 0.2) is 54.6 Å². The Kier molecular flexibility index (Phi) is 2.87. The number of aromatic hydroxyl groups is 1. The van der Waals surface area contributed by atoms with Crippen molar-refractivity contribution in [1.29, 1.82) is 0 Å². The van der Waals surface area contributed by atoms with Gasteiger partial charge >= 0.3 is 0 Å². The molecule has 0 heterocycles. The maximum atomic E-state index is 11.0. The Morgan fingerprint density at radius 3 is 2.25 bits per heavy atom. The zero-order valence-electron chi connectivity index (χ0n) is 8.55. The summed E-state index contributed by atoms with van der Waals surface area (Å²) in [5.74, 6) is 0.140. The van der Waals surface area contributed by atoms with E-state index in [9.17, 15) is 10.3 Å². The second-order valence-corrected chi connectivity index (χ2v) is 3.39. The van der Waals surface area contributed by atoms with Gasteiger partial charge in [-0.05, 0) is 30.3 Å². The molecule has 3 nitrogen and oxygen atoms in total. The quantitative estimate of drug-likeness (QED) is 0.440. The molecular weight excluding hydrogens is 202 g/mol. The summed E-state index contributed by atoms with van der Waals surface area (Å²) in [6, 6.07) is 15.9. The van der Waals surface area contributed by atoms with E-state index in [2.05, 4.69) is 0 Å². The van der Waals surface area contributed by atoms with E-state index in [1.807, 2.05) is 35.5 Å². The normalized spacial score (nSPS) is 11.4. The maximum Gasteiger partial charge on any atom is 0.223 e. The van der Waals surface area contributed by atoms with E-state index in [4.69, 9.17) is 0 Å². The Balaban J connectivity index is 2.46. The highest BCUT2D eigenvalue weighted by atomic mass is 16.4. The minimum absolute atomic E-state index is 0.140. The van der Waals surface area contributed by atoms with Crippen LogP contribution in [0.5, 0.6) is 5.75 Å². The van der Waals surface area contributed by atoms with Gasteiger partial charge in [-0.1, -0.05) is 24.3 Å². The standard InChI is InChI=1S/C13H11NO2/c15-12-8-4-7-11(9-12)13(14-16)10-5-2-1-3-6-10/h1-9,14H,(H-,15,16). The smallest absolute Gasteiger partial charge is 0.223 e. The van der Waals surface area contributed by atoms with Crippen molar-refractivity contribution in [3.8, 4) is 5.75 Å². The fourth-order valence-electron chi connectivity index (χ4n) is 1.55. The van der Waals surface area contributed by atoms with Gasteiger partial charge in [-0.25, -0.2) is 5.16 Å². The lowest BCUT2D eigenvalue weighted by Gasteiger charge is -2.02. The molecule has 2 rings (SSSR count). The fourth-order valence-corrected chi connectivity index (χ4v) is 1.55. The van der Waals surface area contributed by atoms with Crippen LogP contribution < -0.4 is 5.16 Å². The molecule has 0 aromatic heterocycles. The van der Waals surface area contributed by atoms with Crippen molar-refractivity contribution in [2.45, 2.75) is 0 Å². The molecule has 0 atom stereocenters. The molecule has 0 saturated carbocycles. The van der Waals surface area contributed by atoms with E-state index in [-0.39, 0.29) is 5.75 Å². The van der Waals surface area contributed by atoms with Crippen LogP contribution in [0.25, 0.3) is 0 Å². The molecule has 0 aliphatic carbocycles. The first-order valence-corrected chi connectivity index (χ1v) is 4.91. The van der Waals surface area contributed by atoms with E-state index in [1.165, 1.54) is 0 Å². The van der Waals surface area contributed by atoms with Gasteiger partial charge in [0.05, 0.1) is 5.56 Å². The molecule has 2 aromatic carbocycles. The van der Waals surface area contributed by atoms with Gasteiger partial charge in [0.2, 0.25) is 5.71 Å². The van der Waals surface area contributed by atoms with E-state index < -0.39 is 0 Å². The van der Waals surface area contributed by atoms with Crippen LogP contribution in [0, 0.1) is 5.21 Å². The molecule has 0 bridgehead atoms. The van der Waals surface area contributed by atoms with E-state index >= 15 is 0 Å². The van der Waals surface area contributed by atoms with Gasteiger partial charge in [0.25, 0.3) is 0 Å². The zero-order chi connectivity index (χ0) is 11.4. The molecule has 0 unspecified atom stereocenters. The molecule has 0 aliphatic rings. The number of phenols is 1. The van der Waals surface area contributed by atoms with Crippen LogP contribution in [0.4, 0.5) is 0 Å². The van der Waals surface area contributed by atoms with Gasteiger partial charge in [-0.3, -0.25) is 0 Å². The van der Waals surface area contributed by atoms with E-state index in [0.29, 0.717) is 11.3 Å². The van der Waals surface area contributed by atoms with Crippen molar-refractivity contribution < 1.29 is 10.3 Å². The van der Waals surface area contributed by atoms with Crippen LogP contribution in [0.3, 0.4) is 0 Å². The summed E-state index contributed by atoms with van der Waals surface area (Å²) in [6.07, 6.45) is 0. The van der Waals surface area contributed by atoms with Gasteiger partial charge in [-0.15, -0.1) is 0 Å². The first-order valence-electron chi connectivity index (χ1n) is 4.91. The first kappa shape index (κ1) is 10.2. The highest BCUT2D eigenvalue weighted by Crippen LogP contribution is 2.13. The monoisotopic (exact) mass is 213 g/mol. The third kappa shape index (κ3) is 2.03. The highest BCUT2D eigenvalue weighted by Gasteiger charge is 2.11. The largest absolute Gasteiger partial charge is 0.625 e. The van der Waals surface area contributed by atoms with Crippen LogP contribution in [-0.4, -0.2) is 10.8 Å². The van der Waals surface area contributed by atoms with Crippen LogP contribution in [-0.2, 0) is 0 Å². The van der Waals surface area contributed by atoms with Crippen molar-refractivity contribution >= 4 is 5.71 Å². The average molecular weight is 213 g/mol. The van der Waals surface area contributed by atoms with Crippen molar-refractivity contribution in [1.82, 2.24) is 0 Å². The minimum Gasteiger partial charge on any atom is -0.625 e. The number of nitrogens with one attached hydrogen (secondary N) is 1. The third-order valence-corrected chi connectivity index (χ3v) is 2.30. The van der Waals surface area contributed by atoms with Gasteiger partial charge in [0.1, 0.15) is 5.75 Å². The molecule has 3 heteroatoms. The van der Waals surface area contributed by atoms with Gasteiger partial charge in [-0.2, -0.15) is 0 Å². The second kappa shape index (κ2) is 4.49. The van der Waals surface area contributed by atoms with Crippen LogP contribution in [0.2, 0.25) is 0 Å². The Morgan fingerprint density at radius 1 is 0.938 bits per heavy atom. The van der Waals surface area contributed by atoms with Crippen LogP contribution >= 0.6 is 0 Å². The molecule has 0 saturated heterocycles. The van der Waals surface area contributed by atoms with Crippen LogP contribution in [0.1, 0.15) is 11.1 Å². The lowest BCUT2D eigenvalue weighted by Crippen LogP contribution is -2.66. The summed E-state index contributed by atoms with van der Waals surface area (Å²) in [5.41, 5.74) is 1.92.